The van der Waals surface area contributed by atoms with Crippen molar-refractivity contribution in [3.8, 4) is 0 Å². The van der Waals surface area contributed by atoms with Crippen molar-refractivity contribution in [1.29, 1.82) is 0 Å². The highest BCUT2D eigenvalue weighted by Gasteiger charge is 2.29. The number of morpholine rings is 1. The van der Waals surface area contributed by atoms with E-state index in [0.717, 1.165) is 38.7 Å². The maximum atomic E-state index is 5.58. The van der Waals surface area contributed by atoms with E-state index in [1.807, 2.05) is 27.0 Å². The van der Waals surface area contributed by atoms with E-state index in [1.54, 1.807) is 12.3 Å². The highest BCUT2D eigenvalue weighted by molar-refractivity contribution is 6.30. The molecule has 0 bridgehead atoms. The minimum atomic E-state index is 0.0474. The third-order valence-corrected chi connectivity index (χ3v) is 6.30. The summed E-state index contributed by atoms with van der Waals surface area (Å²) in [5.74, 6) is 0.833. The van der Waals surface area contributed by atoms with Gasteiger partial charge in [0.1, 0.15) is 5.82 Å². The molecule has 2 aromatic carbocycles. The monoisotopic (exact) mass is 496 g/mol. The SMILES string of the molecule is CC.CNc1ccc(Cl)cn1.Cc1ccccc1NCc1ccc(C(C)(C)N2CCOCC2)cc1. The van der Waals surface area contributed by atoms with E-state index in [4.69, 9.17) is 16.3 Å². The van der Waals surface area contributed by atoms with Gasteiger partial charge in [-0.25, -0.2) is 4.98 Å². The summed E-state index contributed by atoms with van der Waals surface area (Å²) in [5, 5.41) is 7.07. The molecule has 0 amide bonds. The zero-order valence-electron chi connectivity index (χ0n) is 22.1. The van der Waals surface area contributed by atoms with Crippen molar-refractivity contribution < 1.29 is 4.74 Å². The molecule has 3 aromatic rings. The predicted octanol–water partition coefficient (Wildman–Crippen LogP) is 6.98. The third-order valence-electron chi connectivity index (χ3n) is 6.07. The number of hydrogen-bond acceptors (Lipinski definition) is 5. The second-order valence-electron chi connectivity index (χ2n) is 8.64. The van der Waals surface area contributed by atoms with Crippen molar-refractivity contribution in [2.24, 2.45) is 0 Å². The van der Waals surface area contributed by atoms with Crippen LogP contribution in [-0.2, 0) is 16.8 Å². The van der Waals surface area contributed by atoms with Crippen LogP contribution in [0, 0.1) is 6.92 Å². The van der Waals surface area contributed by atoms with E-state index < -0.39 is 0 Å². The van der Waals surface area contributed by atoms with Crippen LogP contribution in [0.3, 0.4) is 0 Å². The summed E-state index contributed by atoms with van der Waals surface area (Å²) >= 11 is 5.58. The largest absolute Gasteiger partial charge is 0.381 e. The second-order valence-corrected chi connectivity index (χ2v) is 9.07. The normalized spacial score (nSPS) is 13.6. The Morgan fingerprint density at radius 1 is 0.971 bits per heavy atom. The summed E-state index contributed by atoms with van der Waals surface area (Å²) in [6.07, 6.45) is 1.60. The van der Waals surface area contributed by atoms with Gasteiger partial charge in [-0.1, -0.05) is 67.9 Å². The summed E-state index contributed by atoms with van der Waals surface area (Å²) in [7, 11) is 1.82. The minimum absolute atomic E-state index is 0.0474. The number of nitrogens with one attached hydrogen (secondary N) is 2. The predicted molar refractivity (Wildman–Crippen MR) is 151 cm³/mol. The van der Waals surface area contributed by atoms with Crippen LogP contribution < -0.4 is 10.6 Å². The number of aryl methyl sites for hydroxylation is 1. The second kappa shape index (κ2) is 14.7. The highest BCUT2D eigenvalue weighted by atomic mass is 35.5. The number of rotatable bonds is 6. The number of ether oxygens (including phenoxy) is 1. The van der Waals surface area contributed by atoms with Crippen LogP contribution in [-0.4, -0.2) is 43.2 Å². The molecule has 1 fully saturated rings. The van der Waals surface area contributed by atoms with Crippen molar-refractivity contribution in [3.63, 3.8) is 0 Å². The average Bonchev–Trinajstić information content (AvgIpc) is 2.91. The number of pyridine rings is 1. The summed E-state index contributed by atoms with van der Waals surface area (Å²) in [6.45, 7) is 15.3. The smallest absolute Gasteiger partial charge is 0.125 e. The lowest BCUT2D eigenvalue weighted by molar-refractivity contribution is -0.0118. The van der Waals surface area contributed by atoms with Gasteiger partial charge in [0.15, 0.2) is 0 Å². The van der Waals surface area contributed by atoms with Crippen molar-refractivity contribution >= 4 is 23.1 Å². The number of hydrogen-bond donors (Lipinski definition) is 2. The van der Waals surface area contributed by atoms with E-state index in [1.165, 1.54) is 22.4 Å². The summed E-state index contributed by atoms with van der Waals surface area (Å²) in [5.41, 5.74) is 5.20. The van der Waals surface area contributed by atoms with Crippen LogP contribution in [0.15, 0.2) is 66.9 Å². The lowest BCUT2D eigenvalue weighted by Gasteiger charge is -2.41. The van der Waals surface area contributed by atoms with Gasteiger partial charge in [0.05, 0.1) is 18.2 Å². The topological polar surface area (TPSA) is 49.4 Å². The van der Waals surface area contributed by atoms with Gasteiger partial charge in [0.2, 0.25) is 0 Å². The molecule has 1 aliphatic heterocycles. The fourth-order valence-electron chi connectivity index (χ4n) is 3.83. The molecular formula is C29H41ClN4O. The van der Waals surface area contributed by atoms with Crippen LogP contribution in [0.5, 0.6) is 0 Å². The Balaban J connectivity index is 0.000000329. The van der Waals surface area contributed by atoms with Gasteiger partial charge in [-0.2, -0.15) is 0 Å². The van der Waals surface area contributed by atoms with Gasteiger partial charge in [-0.15, -0.1) is 0 Å². The first-order valence-corrected chi connectivity index (χ1v) is 12.8. The first kappa shape index (κ1) is 28.6. The maximum Gasteiger partial charge on any atom is 0.125 e. The van der Waals surface area contributed by atoms with Crippen LogP contribution >= 0.6 is 11.6 Å². The van der Waals surface area contributed by atoms with Crippen molar-refractivity contribution in [1.82, 2.24) is 9.88 Å². The first-order chi connectivity index (χ1) is 16.9. The standard InChI is InChI=1S/C21H28N2O.C6H7ClN2.C2H6/c1-17-6-4-5-7-20(17)22-16-18-8-10-19(11-9-18)21(2,3)23-12-14-24-15-13-23;1-8-6-3-2-5(7)4-9-6;1-2/h4-11,22H,12-16H2,1-3H3;2-4H,1H3,(H,8,9);1-2H3. The lowest BCUT2D eigenvalue weighted by atomic mass is 9.91. The molecule has 2 heterocycles. The minimum Gasteiger partial charge on any atom is -0.381 e. The zero-order chi connectivity index (χ0) is 25.7. The van der Waals surface area contributed by atoms with Crippen molar-refractivity contribution in [3.05, 3.63) is 88.6 Å². The van der Waals surface area contributed by atoms with Gasteiger partial charge in [-0.3, -0.25) is 4.90 Å². The molecule has 35 heavy (non-hydrogen) atoms. The molecule has 6 heteroatoms. The molecule has 0 unspecified atom stereocenters. The average molecular weight is 497 g/mol. The van der Waals surface area contributed by atoms with Gasteiger partial charge in [-0.05, 0) is 55.7 Å². The van der Waals surface area contributed by atoms with Crippen LogP contribution in [0.25, 0.3) is 0 Å². The molecule has 1 aliphatic rings. The Labute approximate surface area is 216 Å². The molecule has 2 N–H and O–H groups in total. The molecule has 0 radical (unpaired) electrons. The number of aromatic nitrogens is 1. The van der Waals surface area contributed by atoms with E-state index in [0.29, 0.717) is 5.02 Å². The molecule has 0 spiro atoms. The quantitative estimate of drug-likeness (QED) is 0.385. The van der Waals surface area contributed by atoms with Crippen LogP contribution in [0.4, 0.5) is 11.5 Å². The molecule has 5 nitrogen and oxygen atoms in total. The van der Waals surface area contributed by atoms with Gasteiger partial charge < -0.3 is 15.4 Å². The molecule has 1 saturated heterocycles. The molecule has 190 valence electrons. The molecule has 0 saturated carbocycles. The Bertz CT molecular complexity index is 984. The fourth-order valence-corrected chi connectivity index (χ4v) is 3.94. The molecule has 4 rings (SSSR count). The molecule has 1 aromatic heterocycles. The number of nitrogens with zero attached hydrogens (tertiary/aromatic N) is 2. The number of benzene rings is 2. The van der Waals surface area contributed by atoms with E-state index in [2.05, 4.69) is 89.8 Å². The van der Waals surface area contributed by atoms with Crippen molar-refractivity contribution in [2.75, 3.05) is 44.0 Å². The number of para-hydroxylation sites is 1. The summed E-state index contributed by atoms with van der Waals surface area (Å²) in [6, 6.07) is 21.0. The number of anilines is 2. The Morgan fingerprint density at radius 2 is 1.63 bits per heavy atom. The van der Waals surface area contributed by atoms with Gasteiger partial charge in [0.25, 0.3) is 0 Å². The van der Waals surface area contributed by atoms with Crippen molar-refractivity contribution in [2.45, 2.75) is 46.7 Å². The number of halogens is 1. The molecular weight excluding hydrogens is 456 g/mol. The van der Waals surface area contributed by atoms with E-state index >= 15 is 0 Å². The fraction of sp³-hybridized carbons (Fsp3) is 0.414. The van der Waals surface area contributed by atoms with Crippen LogP contribution in [0.2, 0.25) is 5.02 Å². The maximum absolute atomic E-state index is 5.58. The van der Waals surface area contributed by atoms with E-state index in [-0.39, 0.29) is 5.54 Å². The molecule has 0 aliphatic carbocycles. The lowest BCUT2D eigenvalue weighted by Crippen LogP contribution is -2.47. The zero-order valence-corrected chi connectivity index (χ0v) is 22.8. The van der Waals surface area contributed by atoms with Gasteiger partial charge >= 0.3 is 0 Å². The summed E-state index contributed by atoms with van der Waals surface area (Å²) < 4.78 is 5.48. The highest BCUT2D eigenvalue weighted by Crippen LogP contribution is 2.29. The van der Waals surface area contributed by atoms with Crippen LogP contribution in [0.1, 0.15) is 44.4 Å². The Kier molecular flexibility index (Phi) is 12.0. The Morgan fingerprint density at radius 3 is 2.20 bits per heavy atom. The Hall–Kier alpha value is -2.60. The van der Waals surface area contributed by atoms with Gasteiger partial charge in [0, 0.05) is 44.1 Å². The first-order valence-electron chi connectivity index (χ1n) is 12.4. The molecule has 0 atom stereocenters. The summed E-state index contributed by atoms with van der Waals surface area (Å²) in [4.78, 5) is 6.46. The third kappa shape index (κ3) is 8.84. The van der Waals surface area contributed by atoms with E-state index in [9.17, 15) is 0 Å².